The number of hydrogen-bond donors (Lipinski definition) is 0. The quantitative estimate of drug-likeness (QED) is 0.521. The lowest BCUT2D eigenvalue weighted by Crippen LogP contribution is -2.36. The molecular weight excluding hydrogens is 160 g/mol. The van der Waals surface area contributed by atoms with Crippen molar-refractivity contribution in [2.24, 2.45) is 11.3 Å². The Bertz CT molecular complexity index is 264. The smallest absolute Gasteiger partial charge is 0.143 e. The molecule has 0 N–H and O–H groups in total. The predicted molar refractivity (Wildman–Crippen MR) is 53.4 cm³/mol. The van der Waals surface area contributed by atoms with E-state index in [1.54, 1.807) is 0 Å². The molecule has 0 aromatic rings. The molecule has 13 heavy (non-hydrogen) atoms. The molecule has 1 fully saturated rings. The third kappa shape index (κ3) is 1.34. The number of allylic oxidation sites excluding steroid dienone is 2. The molecule has 72 valence electrons. The SMILES string of the molecule is CC1CCC2(C)C(=O)CCC=C2C1. The molecule has 0 spiro atoms. The molecule has 0 aromatic carbocycles. The van der Waals surface area contributed by atoms with Gasteiger partial charge in [0, 0.05) is 11.8 Å². The molecule has 1 saturated carbocycles. The van der Waals surface area contributed by atoms with Crippen molar-refractivity contribution in [3.05, 3.63) is 11.6 Å². The van der Waals surface area contributed by atoms with Crippen LogP contribution in [0.25, 0.3) is 0 Å². The van der Waals surface area contributed by atoms with Crippen LogP contribution in [-0.4, -0.2) is 5.78 Å². The fourth-order valence-electron chi connectivity index (χ4n) is 2.68. The van der Waals surface area contributed by atoms with Crippen LogP contribution in [0.1, 0.15) is 46.0 Å². The maximum absolute atomic E-state index is 11.8. The monoisotopic (exact) mass is 178 g/mol. The van der Waals surface area contributed by atoms with Crippen molar-refractivity contribution in [1.29, 1.82) is 0 Å². The number of ketones is 1. The highest BCUT2D eigenvalue weighted by molar-refractivity contribution is 5.88. The molecule has 0 aromatic heterocycles. The average molecular weight is 178 g/mol. The zero-order valence-electron chi connectivity index (χ0n) is 8.60. The Morgan fingerprint density at radius 2 is 2.31 bits per heavy atom. The van der Waals surface area contributed by atoms with Gasteiger partial charge < -0.3 is 0 Å². The summed E-state index contributed by atoms with van der Waals surface area (Å²) in [5.74, 6) is 1.27. The Kier molecular flexibility index (Phi) is 2.05. The van der Waals surface area contributed by atoms with Gasteiger partial charge >= 0.3 is 0 Å². The first-order valence-electron chi connectivity index (χ1n) is 5.36. The lowest BCUT2D eigenvalue weighted by Gasteiger charge is -2.40. The molecule has 2 unspecified atom stereocenters. The van der Waals surface area contributed by atoms with Crippen LogP contribution in [0.5, 0.6) is 0 Å². The first-order valence-corrected chi connectivity index (χ1v) is 5.36. The Labute approximate surface area is 80.2 Å². The number of carbonyl (C=O) groups excluding carboxylic acids is 1. The second-order valence-corrected chi connectivity index (χ2v) is 4.87. The molecule has 0 aliphatic heterocycles. The summed E-state index contributed by atoms with van der Waals surface area (Å²) in [4.78, 5) is 11.8. The third-order valence-corrected chi connectivity index (χ3v) is 3.79. The van der Waals surface area contributed by atoms with E-state index in [-0.39, 0.29) is 5.41 Å². The van der Waals surface area contributed by atoms with Crippen LogP contribution < -0.4 is 0 Å². The molecule has 2 aliphatic carbocycles. The van der Waals surface area contributed by atoms with E-state index in [1.165, 1.54) is 12.0 Å². The molecule has 2 atom stereocenters. The minimum absolute atomic E-state index is 0.0647. The van der Waals surface area contributed by atoms with Gasteiger partial charge in [0.2, 0.25) is 0 Å². The van der Waals surface area contributed by atoms with Crippen LogP contribution in [0, 0.1) is 11.3 Å². The maximum Gasteiger partial charge on any atom is 0.143 e. The third-order valence-electron chi connectivity index (χ3n) is 3.79. The first kappa shape index (κ1) is 8.98. The van der Waals surface area contributed by atoms with Crippen LogP contribution in [-0.2, 0) is 4.79 Å². The number of rotatable bonds is 0. The summed E-state index contributed by atoms with van der Waals surface area (Å²) in [6, 6.07) is 0. The minimum Gasteiger partial charge on any atom is -0.299 e. The Morgan fingerprint density at radius 3 is 3.08 bits per heavy atom. The topological polar surface area (TPSA) is 17.1 Å². The molecule has 2 aliphatic rings. The summed E-state index contributed by atoms with van der Waals surface area (Å²) in [7, 11) is 0. The van der Waals surface area contributed by atoms with Crippen LogP contribution in [0.15, 0.2) is 11.6 Å². The van der Waals surface area contributed by atoms with Crippen LogP contribution >= 0.6 is 0 Å². The molecule has 0 amide bonds. The first-order chi connectivity index (χ1) is 6.13. The van der Waals surface area contributed by atoms with Crippen molar-refractivity contribution in [2.75, 3.05) is 0 Å². The highest BCUT2D eigenvalue weighted by Gasteiger charge is 2.41. The zero-order chi connectivity index (χ0) is 9.47. The van der Waals surface area contributed by atoms with Gasteiger partial charge in [-0.25, -0.2) is 0 Å². The summed E-state index contributed by atoms with van der Waals surface area (Å²) in [5, 5.41) is 0. The molecule has 1 heteroatoms. The van der Waals surface area contributed by atoms with Gasteiger partial charge in [0.25, 0.3) is 0 Å². The van der Waals surface area contributed by atoms with E-state index in [0.29, 0.717) is 5.78 Å². The zero-order valence-corrected chi connectivity index (χ0v) is 8.60. The molecule has 0 radical (unpaired) electrons. The highest BCUT2D eigenvalue weighted by Crippen LogP contribution is 2.46. The number of fused-ring (bicyclic) bond motifs is 1. The Morgan fingerprint density at radius 1 is 1.54 bits per heavy atom. The maximum atomic E-state index is 11.8. The van der Waals surface area contributed by atoms with E-state index < -0.39 is 0 Å². The minimum atomic E-state index is -0.0647. The summed E-state index contributed by atoms with van der Waals surface area (Å²) < 4.78 is 0. The van der Waals surface area contributed by atoms with Crippen molar-refractivity contribution in [1.82, 2.24) is 0 Å². The second kappa shape index (κ2) is 2.97. The van der Waals surface area contributed by atoms with Crippen molar-refractivity contribution < 1.29 is 4.79 Å². The van der Waals surface area contributed by atoms with Crippen molar-refractivity contribution in [3.8, 4) is 0 Å². The van der Waals surface area contributed by atoms with Gasteiger partial charge in [0.1, 0.15) is 5.78 Å². The van der Waals surface area contributed by atoms with Crippen LogP contribution in [0.2, 0.25) is 0 Å². The van der Waals surface area contributed by atoms with Crippen LogP contribution in [0.3, 0.4) is 0 Å². The molecule has 0 saturated heterocycles. The fourth-order valence-corrected chi connectivity index (χ4v) is 2.68. The highest BCUT2D eigenvalue weighted by atomic mass is 16.1. The predicted octanol–water partition coefficient (Wildman–Crippen LogP) is 3.10. The van der Waals surface area contributed by atoms with Gasteiger partial charge in [-0.1, -0.05) is 18.6 Å². The Balaban J connectivity index is 2.30. The van der Waals surface area contributed by atoms with Crippen LogP contribution in [0.4, 0.5) is 0 Å². The summed E-state index contributed by atoms with van der Waals surface area (Å²) >= 11 is 0. The normalized spacial score (nSPS) is 39.7. The van der Waals surface area contributed by atoms with Gasteiger partial charge in [-0.05, 0) is 38.5 Å². The van der Waals surface area contributed by atoms with E-state index >= 15 is 0 Å². The second-order valence-electron chi connectivity index (χ2n) is 4.87. The van der Waals surface area contributed by atoms with E-state index in [9.17, 15) is 4.79 Å². The lowest BCUT2D eigenvalue weighted by molar-refractivity contribution is -0.127. The van der Waals surface area contributed by atoms with Crippen molar-refractivity contribution in [3.63, 3.8) is 0 Å². The van der Waals surface area contributed by atoms with E-state index in [0.717, 1.165) is 31.6 Å². The summed E-state index contributed by atoms with van der Waals surface area (Å²) in [5.41, 5.74) is 1.37. The van der Waals surface area contributed by atoms with Gasteiger partial charge in [-0.15, -0.1) is 0 Å². The fraction of sp³-hybridized carbons (Fsp3) is 0.750. The molecular formula is C12H18O. The average Bonchev–Trinajstić information content (AvgIpc) is 2.09. The van der Waals surface area contributed by atoms with Gasteiger partial charge in [-0.3, -0.25) is 4.79 Å². The lowest BCUT2D eigenvalue weighted by atomic mass is 9.63. The van der Waals surface area contributed by atoms with Crippen molar-refractivity contribution >= 4 is 5.78 Å². The molecule has 0 bridgehead atoms. The number of Topliss-reactive ketones (excluding diaryl/α,β-unsaturated/α-hetero) is 1. The summed E-state index contributed by atoms with van der Waals surface area (Å²) in [6.45, 7) is 4.44. The van der Waals surface area contributed by atoms with E-state index in [2.05, 4.69) is 19.9 Å². The summed E-state index contributed by atoms with van der Waals surface area (Å²) in [6.07, 6.45) is 7.53. The van der Waals surface area contributed by atoms with Gasteiger partial charge in [0.15, 0.2) is 0 Å². The van der Waals surface area contributed by atoms with E-state index in [4.69, 9.17) is 0 Å². The largest absolute Gasteiger partial charge is 0.299 e. The molecule has 1 nitrogen and oxygen atoms in total. The van der Waals surface area contributed by atoms with Crippen molar-refractivity contribution in [2.45, 2.75) is 46.0 Å². The number of hydrogen-bond acceptors (Lipinski definition) is 1. The van der Waals surface area contributed by atoms with Gasteiger partial charge in [0.05, 0.1) is 0 Å². The van der Waals surface area contributed by atoms with E-state index in [1.807, 2.05) is 0 Å². The Hall–Kier alpha value is -0.590. The van der Waals surface area contributed by atoms with Gasteiger partial charge in [-0.2, -0.15) is 0 Å². The standard InChI is InChI=1S/C12H18O/c1-9-6-7-12(2)10(8-9)4-3-5-11(12)13/h4,9H,3,5-8H2,1-2H3. The molecule has 2 rings (SSSR count). The number of carbonyl (C=O) groups is 1. The molecule has 0 heterocycles.